The van der Waals surface area contributed by atoms with Gasteiger partial charge in [-0.2, -0.15) is 0 Å². The van der Waals surface area contributed by atoms with Crippen LogP contribution in [0.1, 0.15) is 17.5 Å². The van der Waals surface area contributed by atoms with Gasteiger partial charge in [-0.05, 0) is 49.7 Å². The van der Waals surface area contributed by atoms with Gasteiger partial charge in [0.05, 0.1) is 13.0 Å². The molecule has 6 heteroatoms. The predicted molar refractivity (Wildman–Crippen MR) is 95.8 cm³/mol. The molecule has 0 saturated heterocycles. The van der Waals surface area contributed by atoms with Crippen molar-refractivity contribution in [3.05, 3.63) is 53.6 Å². The van der Waals surface area contributed by atoms with Gasteiger partial charge in [0.25, 0.3) is 5.91 Å². The summed E-state index contributed by atoms with van der Waals surface area (Å²) in [6.45, 7) is 4.12. The van der Waals surface area contributed by atoms with E-state index in [1.807, 2.05) is 32.0 Å². The van der Waals surface area contributed by atoms with Gasteiger partial charge in [0.15, 0.2) is 6.61 Å². The van der Waals surface area contributed by atoms with Crippen LogP contribution < -0.4 is 20.5 Å². The molecule has 3 N–H and O–H groups in total. The molecule has 0 saturated carbocycles. The number of nitrogens with two attached hydrogens (primary N) is 1. The van der Waals surface area contributed by atoms with E-state index in [4.69, 9.17) is 15.2 Å². The van der Waals surface area contributed by atoms with E-state index in [0.29, 0.717) is 18.0 Å². The van der Waals surface area contributed by atoms with E-state index in [-0.39, 0.29) is 18.9 Å². The van der Waals surface area contributed by atoms with Gasteiger partial charge in [-0.3, -0.25) is 9.59 Å². The molecular weight excluding hydrogens is 320 g/mol. The van der Waals surface area contributed by atoms with Crippen LogP contribution in [-0.4, -0.2) is 25.0 Å². The second kappa shape index (κ2) is 8.73. The second-order valence-electron chi connectivity index (χ2n) is 5.69. The smallest absolute Gasteiger partial charge is 0.255 e. The van der Waals surface area contributed by atoms with Crippen molar-refractivity contribution in [2.45, 2.75) is 20.3 Å². The lowest BCUT2D eigenvalue weighted by Gasteiger charge is -2.10. The fraction of sp³-hybridized carbons (Fsp3) is 0.263. The zero-order chi connectivity index (χ0) is 18.2. The van der Waals surface area contributed by atoms with Gasteiger partial charge >= 0.3 is 0 Å². The third kappa shape index (κ3) is 6.18. The summed E-state index contributed by atoms with van der Waals surface area (Å²) in [6, 6.07) is 12.6. The molecule has 0 aromatic heterocycles. The first-order chi connectivity index (χ1) is 11.9. The number of hydrogen-bond donors (Lipinski definition) is 2. The Balaban J connectivity index is 1.77. The third-order valence-electron chi connectivity index (χ3n) is 3.44. The first-order valence-electron chi connectivity index (χ1n) is 7.95. The molecule has 132 valence electrons. The lowest BCUT2D eigenvalue weighted by molar-refractivity contribution is -0.120. The molecule has 0 heterocycles. The van der Waals surface area contributed by atoms with E-state index in [0.717, 1.165) is 11.3 Å². The summed E-state index contributed by atoms with van der Waals surface area (Å²) in [7, 11) is 0. The van der Waals surface area contributed by atoms with Crippen molar-refractivity contribution in [3.8, 4) is 11.5 Å². The van der Waals surface area contributed by atoms with E-state index in [2.05, 4.69) is 5.32 Å². The topological polar surface area (TPSA) is 90.7 Å². The predicted octanol–water partition coefficient (Wildman–Crippen LogP) is 2.58. The Hall–Kier alpha value is -3.02. The lowest BCUT2D eigenvalue weighted by Crippen LogP contribution is -2.20. The van der Waals surface area contributed by atoms with Gasteiger partial charge in [-0.15, -0.1) is 0 Å². The standard InChI is InChI=1S/C19H22N2O4/c1-13-3-8-17(14(2)11-13)24-10-9-19(23)21-15-4-6-16(7-5-15)25-12-18(20)22/h3-8,11H,9-10,12H2,1-2H3,(H2,20,22)(H,21,23). The highest BCUT2D eigenvalue weighted by molar-refractivity contribution is 5.90. The van der Waals surface area contributed by atoms with E-state index >= 15 is 0 Å². The molecule has 0 bridgehead atoms. The summed E-state index contributed by atoms with van der Waals surface area (Å²) in [4.78, 5) is 22.6. The Morgan fingerprint density at radius 1 is 1.04 bits per heavy atom. The summed E-state index contributed by atoms with van der Waals surface area (Å²) in [5.41, 5.74) is 7.87. The SMILES string of the molecule is Cc1ccc(OCCC(=O)Nc2ccc(OCC(N)=O)cc2)c(C)c1. The van der Waals surface area contributed by atoms with Gasteiger partial charge < -0.3 is 20.5 Å². The van der Waals surface area contributed by atoms with Crippen LogP contribution in [0, 0.1) is 13.8 Å². The Bertz CT molecular complexity index is 742. The maximum Gasteiger partial charge on any atom is 0.255 e. The largest absolute Gasteiger partial charge is 0.493 e. The minimum Gasteiger partial charge on any atom is -0.493 e. The summed E-state index contributed by atoms with van der Waals surface area (Å²) in [5.74, 6) is 0.612. The van der Waals surface area contributed by atoms with Gasteiger partial charge in [0, 0.05) is 5.69 Å². The average Bonchev–Trinajstić information content (AvgIpc) is 2.56. The number of rotatable bonds is 8. The molecule has 0 aliphatic heterocycles. The first kappa shape index (κ1) is 18.3. The number of ether oxygens (including phenoxy) is 2. The van der Waals surface area contributed by atoms with Gasteiger partial charge in [-0.1, -0.05) is 17.7 Å². The van der Waals surface area contributed by atoms with Crippen LogP contribution in [0.4, 0.5) is 5.69 Å². The molecule has 0 spiro atoms. The fourth-order valence-corrected chi connectivity index (χ4v) is 2.23. The van der Waals surface area contributed by atoms with Crippen LogP contribution in [0.15, 0.2) is 42.5 Å². The fourth-order valence-electron chi connectivity index (χ4n) is 2.23. The number of benzene rings is 2. The molecule has 6 nitrogen and oxygen atoms in total. The van der Waals surface area contributed by atoms with Gasteiger partial charge in [-0.25, -0.2) is 0 Å². The molecule has 0 unspecified atom stereocenters. The molecule has 0 radical (unpaired) electrons. The Kier molecular flexibility index (Phi) is 6.39. The summed E-state index contributed by atoms with van der Waals surface area (Å²) in [6.07, 6.45) is 0.243. The minimum atomic E-state index is -0.541. The zero-order valence-electron chi connectivity index (χ0n) is 14.4. The maximum atomic E-state index is 12.0. The number of carbonyl (C=O) groups excluding carboxylic acids is 2. The van der Waals surface area contributed by atoms with Crippen molar-refractivity contribution in [3.63, 3.8) is 0 Å². The van der Waals surface area contributed by atoms with Crippen LogP contribution in [0.5, 0.6) is 11.5 Å². The van der Waals surface area contributed by atoms with Crippen LogP contribution in [0.25, 0.3) is 0 Å². The van der Waals surface area contributed by atoms with E-state index in [1.54, 1.807) is 24.3 Å². The quantitative estimate of drug-likeness (QED) is 0.771. The van der Waals surface area contributed by atoms with E-state index in [9.17, 15) is 9.59 Å². The van der Waals surface area contributed by atoms with Crippen LogP contribution >= 0.6 is 0 Å². The van der Waals surface area contributed by atoms with Crippen molar-refractivity contribution in [1.82, 2.24) is 0 Å². The summed E-state index contributed by atoms with van der Waals surface area (Å²) < 4.78 is 10.8. The van der Waals surface area contributed by atoms with Gasteiger partial charge in [0.2, 0.25) is 5.91 Å². The number of amides is 2. The molecule has 2 rings (SSSR count). The van der Waals surface area contributed by atoms with Crippen molar-refractivity contribution in [2.24, 2.45) is 5.73 Å². The number of nitrogens with one attached hydrogen (secondary N) is 1. The van der Waals surface area contributed by atoms with E-state index < -0.39 is 5.91 Å². The number of primary amides is 1. The third-order valence-corrected chi connectivity index (χ3v) is 3.44. The average molecular weight is 342 g/mol. The summed E-state index contributed by atoms with van der Waals surface area (Å²) in [5, 5.41) is 2.78. The summed E-state index contributed by atoms with van der Waals surface area (Å²) >= 11 is 0. The molecule has 2 aromatic carbocycles. The molecule has 2 aromatic rings. The Labute approximate surface area is 146 Å². The molecule has 0 atom stereocenters. The first-order valence-corrected chi connectivity index (χ1v) is 7.95. The molecule has 25 heavy (non-hydrogen) atoms. The molecule has 0 aliphatic carbocycles. The molecule has 0 aliphatic rings. The highest BCUT2D eigenvalue weighted by Crippen LogP contribution is 2.19. The highest BCUT2D eigenvalue weighted by Gasteiger charge is 2.05. The van der Waals surface area contributed by atoms with Crippen molar-refractivity contribution < 1.29 is 19.1 Å². The monoisotopic (exact) mass is 342 g/mol. The van der Waals surface area contributed by atoms with Crippen molar-refractivity contribution in [1.29, 1.82) is 0 Å². The molecular formula is C19H22N2O4. The highest BCUT2D eigenvalue weighted by atomic mass is 16.5. The lowest BCUT2D eigenvalue weighted by atomic mass is 10.1. The second-order valence-corrected chi connectivity index (χ2v) is 5.69. The van der Waals surface area contributed by atoms with Crippen LogP contribution in [0.2, 0.25) is 0 Å². The number of aryl methyl sites for hydroxylation is 2. The van der Waals surface area contributed by atoms with Crippen molar-refractivity contribution >= 4 is 17.5 Å². The van der Waals surface area contributed by atoms with Crippen LogP contribution in [-0.2, 0) is 9.59 Å². The zero-order valence-corrected chi connectivity index (χ0v) is 14.4. The Morgan fingerprint density at radius 3 is 2.40 bits per heavy atom. The maximum absolute atomic E-state index is 12.0. The minimum absolute atomic E-state index is 0.143. The number of hydrogen-bond acceptors (Lipinski definition) is 4. The Morgan fingerprint density at radius 2 is 1.76 bits per heavy atom. The van der Waals surface area contributed by atoms with E-state index in [1.165, 1.54) is 5.56 Å². The van der Waals surface area contributed by atoms with Gasteiger partial charge in [0.1, 0.15) is 11.5 Å². The molecule has 2 amide bonds. The van der Waals surface area contributed by atoms with Crippen LogP contribution in [0.3, 0.4) is 0 Å². The molecule has 0 fully saturated rings. The van der Waals surface area contributed by atoms with Crippen molar-refractivity contribution in [2.75, 3.05) is 18.5 Å². The number of carbonyl (C=O) groups is 2. The number of anilines is 1. The normalized spacial score (nSPS) is 10.2.